The van der Waals surface area contributed by atoms with E-state index in [1.807, 2.05) is 20.8 Å². The summed E-state index contributed by atoms with van der Waals surface area (Å²) in [6.45, 7) is 9.36. The molecule has 0 aliphatic heterocycles. The Kier molecular flexibility index (Phi) is 2.07. The van der Waals surface area contributed by atoms with Crippen molar-refractivity contribution in [2.75, 3.05) is 11.5 Å². The van der Waals surface area contributed by atoms with Crippen LogP contribution in [-0.4, -0.2) is 6.72 Å². The van der Waals surface area contributed by atoms with E-state index < -0.39 is 0 Å². The quantitative estimate of drug-likeness (QED) is 0.651. The minimum Gasteiger partial charge on any atom is -0.441 e. The Balaban J connectivity index is 3.34. The molecule has 0 aliphatic carbocycles. The third kappa shape index (κ3) is 1.52. The number of hydrogen-bond donors (Lipinski definition) is 2. The van der Waals surface area contributed by atoms with Gasteiger partial charge in [-0.2, -0.15) is 0 Å². The Bertz CT molecular complexity index is 333. The molecule has 0 amide bonds. The molecule has 1 aromatic heterocycles. The molecule has 4 N–H and O–H groups in total. The second-order valence-corrected chi connectivity index (χ2v) is 3.97. The van der Waals surface area contributed by atoms with Crippen LogP contribution in [-0.2, 0) is 5.41 Å². The van der Waals surface area contributed by atoms with E-state index in [-0.39, 0.29) is 11.3 Å². The van der Waals surface area contributed by atoms with Gasteiger partial charge in [-0.3, -0.25) is 4.99 Å². The van der Waals surface area contributed by atoms with Gasteiger partial charge in [0.25, 0.3) is 0 Å². The average Bonchev–Trinajstić information content (AvgIpc) is 2.25. The maximum Gasteiger partial charge on any atom is 0.218 e. The van der Waals surface area contributed by atoms with Crippen molar-refractivity contribution in [3.63, 3.8) is 0 Å². The first kappa shape index (κ1) is 9.64. The first-order valence-corrected chi connectivity index (χ1v) is 4.03. The highest BCUT2D eigenvalue weighted by molar-refractivity contribution is 5.77. The van der Waals surface area contributed by atoms with Gasteiger partial charge in [0, 0.05) is 5.41 Å². The van der Waals surface area contributed by atoms with E-state index in [0.29, 0.717) is 17.1 Å². The zero-order valence-electron chi connectivity index (χ0n) is 8.22. The minimum absolute atomic E-state index is 0.166. The molecule has 1 aromatic rings. The summed E-state index contributed by atoms with van der Waals surface area (Å²) in [6.07, 6.45) is 0. The van der Waals surface area contributed by atoms with Crippen LogP contribution < -0.4 is 11.5 Å². The summed E-state index contributed by atoms with van der Waals surface area (Å²) in [4.78, 5) is 3.71. The van der Waals surface area contributed by atoms with Crippen molar-refractivity contribution in [2.45, 2.75) is 26.2 Å². The summed E-state index contributed by atoms with van der Waals surface area (Å²) in [7, 11) is 0. The molecular weight excluding hydrogens is 166 g/mol. The van der Waals surface area contributed by atoms with E-state index in [1.165, 1.54) is 0 Å². The molecule has 1 rings (SSSR count). The number of nitrogens with zero attached hydrogens (tertiary/aromatic N) is 1. The number of nitrogen functional groups attached to an aromatic ring is 2. The molecule has 4 heteroatoms. The maximum absolute atomic E-state index is 5.79. The lowest BCUT2D eigenvalue weighted by molar-refractivity contribution is 0.422. The molecule has 0 aromatic carbocycles. The molecular formula is C9H15N3O. The monoisotopic (exact) mass is 181 g/mol. The van der Waals surface area contributed by atoms with Gasteiger partial charge >= 0.3 is 0 Å². The molecule has 0 saturated carbocycles. The van der Waals surface area contributed by atoms with Crippen molar-refractivity contribution in [2.24, 2.45) is 4.99 Å². The number of anilines is 2. The zero-order valence-corrected chi connectivity index (χ0v) is 8.22. The van der Waals surface area contributed by atoms with Gasteiger partial charge in [-0.05, 0) is 6.72 Å². The van der Waals surface area contributed by atoms with Crippen molar-refractivity contribution in [1.82, 2.24) is 0 Å². The molecule has 0 unspecified atom stereocenters. The molecule has 0 saturated heterocycles. The van der Waals surface area contributed by atoms with Crippen LogP contribution in [0.15, 0.2) is 9.41 Å². The van der Waals surface area contributed by atoms with Gasteiger partial charge in [0.15, 0.2) is 0 Å². The Hall–Kier alpha value is -1.45. The number of aliphatic imine (C=N–C) groups is 1. The standard InChI is InChI=1S/C9H15N3O/c1-9(2,3)7-5(10)6(12-4)8(11)13-7/h4,10-11H2,1-3H3. The molecule has 4 nitrogen and oxygen atoms in total. The van der Waals surface area contributed by atoms with Gasteiger partial charge in [0.2, 0.25) is 5.88 Å². The second-order valence-electron chi connectivity index (χ2n) is 3.97. The predicted octanol–water partition coefficient (Wildman–Crippen LogP) is 2.07. The smallest absolute Gasteiger partial charge is 0.218 e. The van der Waals surface area contributed by atoms with E-state index in [2.05, 4.69) is 11.7 Å². The fourth-order valence-electron chi connectivity index (χ4n) is 1.17. The van der Waals surface area contributed by atoms with Crippen molar-refractivity contribution in [3.8, 4) is 0 Å². The van der Waals surface area contributed by atoms with E-state index >= 15 is 0 Å². The van der Waals surface area contributed by atoms with Gasteiger partial charge in [-0.1, -0.05) is 20.8 Å². The Labute approximate surface area is 77.6 Å². The molecule has 0 aliphatic rings. The van der Waals surface area contributed by atoms with Crippen LogP contribution >= 0.6 is 0 Å². The first-order chi connectivity index (χ1) is 5.88. The van der Waals surface area contributed by atoms with Crippen LogP contribution in [0.2, 0.25) is 0 Å². The summed E-state index contributed by atoms with van der Waals surface area (Å²) in [6, 6.07) is 0. The number of furan rings is 1. The second kappa shape index (κ2) is 2.80. The van der Waals surface area contributed by atoms with Crippen LogP contribution in [0.25, 0.3) is 0 Å². The lowest BCUT2D eigenvalue weighted by Crippen LogP contribution is -2.11. The van der Waals surface area contributed by atoms with Gasteiger partial charge < -0.3 is 15.9 Å². The zero-order chi connectivity index (χ0) is 10.2. The van der Waals surface area contributed by atoms with Crippen molar-refractivity contribution >= 4 is 24.0 Å². The van der Waals surface area contributed by atoms with Gasteiger partial charge in [0.05, 0.1) is 0 Å². The van der Waals surface area contributed by atoms with E-state index in [4.69, 9.17) is 15.9 Å². The maximum atomic E-state index is 5.79. The van der Waals surface area contributed by atoms with E-state index in [9.17, 15) is 0 Å². The summed E-state index contributed by atoms with van der Waals surface area (Å²) >= 11 is 0. The van der Waals surface area contributed by atoms with E-state index in [0.717, 1.165) is 0 Å². The Morgan fingerprint density at radius 3 is 2.08 bits per heavy atom. The van der Waals surface area contributed by atoms with Crippen LogP contribution in [0.5, 0.6) is 0 Å². The predicted molar refractivity (Wildman–Crippen MR) is 55.4 cm³/mol. The first-order valence-electron chi connectivity index (χ1n) is 4.03. The highest BCUT2D eigenvalue weighted by atomic mass is 16.4. The summed E-state index contributed by atoms with van der Waals surface area (Å²) < 4.78 is 5.32. The lowest BCUT2D eigenvalue weighted by Gasteiger charge is -2.15. The van der Waals surface area contributed by atoms with Gasteiger partial charge in [-0.25, -0.2) is 0 Å². The van der Waals surface area contributed by atoms with Crippen molar-refractivity contribution < 1.29 is 4.42 Å². The fraction of sp³-hybridized carbons (Fsp3) is 0.444. The summed E-state index contributed by atoms with van der Waals surface area (Å²) in [5, 5.41) is 0. The van der Waals surface area contributed by atoms with Gasteiger partial charge in [-0.15, -0.1) is 0 Å². The summed E-state index contributed by atoms with van der Waals surface area (Å²) in [5.74, 6) is 0.893. The van der Waals surface area contributed by atoms with Crippen molar-refractivity contribution in [3.05, 3.63) is 5.76 Å². The highest BCUT2D eigenvalue weighted by Gasteiger charge is 2.25. The number of nitrogens with two attached hydrogens (primary N) is 2. The normalized spacial score (nSPS) is 11.6. The third-order valence-electron chi connectivity index (χ3n) is 1.78. The number of hydrogen-bond acceptors (Lipinski definition) is 4. The molecule has 0 fully saturated rings. The van der Waals surface area contributed by atoms with Gasteiger partial charge in [0.1, 0.15) is 17.1 Å². The SMILES string of the molecule is C=Nc1c(N)oc(C(C)(C)C)c1N. The van der Waals surface area contributed by atoms with Crippen molar-refractivity contribution in [1.29, 1.82) is 0 Å². The molecule has 0 spiro atoms. The van der Waals surface area contributed by atoms with E-state index in [1.54, 1.807) is 0 Å². The van der Waals surface area contributed by atoms with Crippen LogP contribution in [0.3, 0.4) is 0 Å². The summed E-state index contributed by atoms with van der Waals surface area (Å²) in [5.41, 5.74) is 12.1. The molecule has 1 heterocycles. The average molecular weight is 181 g/mol. The topological polar surface area (TPSA) is 77.5 Å². The molecule has 0 atom stereocenters. The molecule has 0 radical (unpaired) electrons. The lowest BCUT2D eigenvalue weighted by atomic mass is 9.92. The van der Waals surface area contributed by atoms with Crippen LogP contribution in [0, 0.1) is 0 Å². The Morgan fingerprint density at radius 1 is 1.31 bits per heavy atom. The number of rotatable bonds is 1. The van der Waals surface area contributed by atoms with Crippen LogP contribution in [0.1, 0.15) is 26.5 Å². The highest BCUT2D eigenvalue weighted by Crippen LogP contribution is 2.40. The largest absolute Gasteiger partial charge is 0.441 e. The molecule has 72 valence electrons. The molecule has 0 bridgehead atoms. The van der Waals surface area contributed by atoms with Crippen LogP contribution in [0.4, 0.5) is 17.3 Å². The third-order valence-corrected chi connectivity index (χ3v) is 1.78. The Morgan fingerprint density at radius 2 is 1.85 bits per heavy atom. The molecule has 13 heavy (non-hydrogen) atoms. The fourth-order valence-corrected chi connectivity index (χ4v) is 1.17. The minimum atomic E-state index is -0.166.